The number of nitrogen functional groups attached to an aromatic ring is 1. The average molecular weight is 262 g/mol. The average Bonchev–Trinajstić information content (AvgIpc) is 2.42. The van der Waals surface area contributed by atoms with Gasteiger partial charge in [-0.2, -0.15) is 0 Å². The summed E-state index contributed by atoms with van der Waals surface area (Å²) in [5, 5.41) is 0. The Balaban J connectivity index is 2.07. The van der Waals surface area contributed by atoms with Crippen molar-refractivity contribution in [3.63, 3.8) is 0 Å². The maximum atomic E-state index is 6.21. The smallest absolute Gasteiger partial charge is 0.121 e. The molecule has 0 spiro atoms. The van der Waals surface area contributed by atoms with Gasteiger partial charge in [0.05, 0.1) is 0 Å². The molecule has 2 N–H and O–H groups in total. The summed E-state index contributed by atoms with van der Waals surface area (Å²) in [6, 6.07) is 8.33. The van der Waals surface area contributed by atoms with E-state index >= 15 is 0 Å². The standard InChI is InChI=1S/C16H26N2O/c1-3-18(4-2)15-10-5-6-11-16(15)19-14-9-7-8-13(17)12-14/h7-9,12,15-16H,3-6,10-11,17H2,1-2H3. The number of anilines is 1. The lowest BCUT2D eigenvalue weighted by atomic mass is 9.91. The van der Waals surface area contributed by atoms with Crippen LogP contribution in [0.2, 0.25) is 0 Å². The van der Waals surface area contributed by atoms with Crippen LogP contribution in [0.5, 0.6) is 5.75 Å². The first-order valence-corrected chi connectivity index (χ1v) is 7.50. The van der Waals surface area contributed by atoms with Crippen molar-refractivity contribution in [2.45, 2.75) is 51.7 Å². The molecule has 1 aromatic rings. The summed E-state index contributed by atoms with van der Waals surface area (Å²) in [5.74, 6) is 0.907. The predicted octanol–water partition coefficient (Wildman–Crippen LogP) is 3.30. The van der Waals surface area contributed by atoms with Gasteiger partial charge in [-0.1, -0.05) is 26.3 Å². The molecule has 0 aromatic heterocycles. The Bertz CT molecular complexity index is 390. The van der Waals surface area contributed by atoms with Crippen LogP contribution in [-0.4, -0.2) is 30.1 Å². The highest BCUT2D eigenvalue weighted by Crippen LogP contribution is 2.28. The van der Waals surface area contributed by atoms with Gasteiger partial charge in [-0.25, -0.2) is 0 Å². The maximum absolute atomic E-state index is 6.21. The second-order valence-corrected chi connectivity index (χ2v) is 5.30. The highest BCUT2D eigenvalue weighted by Gasteiger charge is 2.30. The maximum Gasteiger partial charge on any atom is 0.121 e. The second kappa shape index (κ2) is 6.80. The SMILES string of the molecule is CCN(CC)C1CCCCC1Oc1cccc(N)c1. The van der Waals surface area contributed by atoms with E-state index in [0.717, 1.165) is 30.9 Å². The van der Waals surface area contributed by atoms with Gasteiger partial charge in [-0.05, 0) is 44.5 Å². The topological polar surface area (TPSA) is 38.5 Å². The van der Waals surface area contributed by atoms with Crippen molar-refractivity contribution in [1.82, 2.24) is 4.90 Å². The summed E-state index contributed by atoms with van der Waals surface area (Å²) in [6.07, 6.45) is 5.28. The Morgan fingerprint density at radius 2 is 1.95 bits per heavy atom. The zero-order chi connectivity index (χ0) is 13.7. The molecule has 1 aromatic carbocycles. The number of rotatable bonds is 5. The van der Waals surface area contributed by atoms with Crippen LogP contribution < -0.4 is 10.5 Å². The number of nitrogens with two attached hydrogens (primary N) is 1. The minimum absolute atomic E-state index is 0.301. The third-order valence-electron chi connectivity index (χ3n) is 4.09. The molecular weight excluding hydrogens is 236 g/mol. The van der Waals surface area contributed by atoms with E-state index in [0.29, 0.717) is 12.1 Å². The Morgan fingerprint density at radius 3 is 2.63 bits per heavy atom. The molecule has 0 radical (unpaired) electrons. The molecule has 0 aliphatic heterocycles. The lowest BCUT2D eigenvalue weighted by molar-refractivity contribution is 0.0413. The van der Waals surface area contributed by atoms with Crippen LogP contribution in [0.3, 0.4) is 0 Å². The van der Waals surface area contributed by atoms with E-state index in [1.807, 2.05) is 24.3 Å². The molecular formula is C16H26N2O. The summed E-state index contributed by atoms with van der Waals surface area (Å²) < 4.78 is 6.21. The Morgan fingerprint density at radius 1 is 1.21 bits per heavy atom. The van der Waals surface area contributed by atoms with Crippen molar-refractivity contribution in [2.75, 3.05) is 18.8 Å². The summed E-state index contributed by atoms with van der Waals surface area (Å²) in [5.41, 5.74) is 6.59. The van der Waals surface area contributed by atoms with E-state index in [2.05, 4.69) is 18.7 Å². The summed E-state index contributed by atoms with van der Waals surface area (Å²) in [4.78, 5) is 2.52. The fourth-order valence-electron chi connectivity index (χ4n) is 3.09. The Hall–Kier alpha value is -1.22. The molecule has 3 heteroatoms. The molecule has 3 nitrogen and oxygen atoms in total. The molecule has 0 bridgehead atoms. The van der Waals surface area contributed by atoms with E-state index in [1.165, 1.54) is 19.3 Å². The van der Waals surface area contributed by atoms with Gasteiger partial charge in [0.2, 0.25) is 0 Å². The zero-order valence-electron chi connectivity index (χ0n) is 12.1. The Labute approximate surface area is 116 Å². The number of ether oxygens (including phenoxy) is 1. The van der Waals surface area contributed by atoms with Crippen molar-refractivity contribution in [3.05, 3.63) is 24.3 Å². The van der Waals surface area contributed by atoms with Crippen LogP contribution in [0.4, 0.5) is 5.69 Å². The van der Waals surface area contributed by atoms with Crippen molar-refractivity contribution in [3.8, 4) is 5.75 Å². The van der Waals surface area contributed by atoms with Crippen LogP contribution in [-0.2, 0) is 0 Å². The minimum atomic E-state index is 0.301. The number of likely N-dealkylation sites (N-methyl/N-ethyl adjacent to an activating group) is 1. The van der Waals surface area contributed by atoms with Gasteiger partial charge in [0.15, 0.2) is 0 Å². The summed E-state index contributed by atoms with van der Waals surface area (Å²) in [6.45, 7) is 6.65. The molecule has 1 saturated carbocycles. The number of benzene rings is 1. The molecule has 2 atom stereocenters. The number of hydrogen-bond acceptors (Lipinski definition) is 3. The van der Waals surface area contributed by atoms with Crippen molar-refractivity contribution >= 4 is 5.69 Å². The lowest BCUT2D eigenvalue weighted by Gasteiger charge is -2.39. The predicted molar refractivity (Wildman–Crippen MR) is 80.4 cm³/mol. The summed E-state index contributed by atoms with van der Waals surface area (Å²) >= 11 is 0. The molecule has 19 heavy (non-hydrogen) atoms. The van der Waals surface area contributed by atoms with Crippen LogP contribution in [0.1, 0.15) is 39.5 Å². The first kappa shape index (κ1) is 14.2. The van der Waals surface area contributed by atoms with Crippen LogP contribution >= 0.6 is 0 Å². The van der Waals surface area contributed by atoms with E-state index in [1.54, 1.807) is 0 Å². The molecule has 1 fully saturated rings. The first-order valence-electron chi connectivity index (χ1n) is 7.50. The van der Waals surface area contributed by atoms with Gasteiger partial charge in [0.1, 0.15) is 11.9 Å². The van der Waals surface area contributed by atoms with Crippen molar-refractivity contribution in [1.29, 1.82) is 0 Å². The normalized spacial score (nSPS) is 23.5. The van der Waals surface area contributed by atoms with E-state index < -0.39 is 0 Å². The Kier molecular flexibility index (Phi) is 5.08. The molecule has 1 aliphatic rings. The molecule has 0 amide bonds. The van der Waals surface area contributed by atoms with Crippen molar-refractivity contribution < 1.29 is 4.74 Å². The van der Waals surface area contributed by atoms with E-state index in [9.17, 15) is 0 Å². The molecule has 1 aliphatic carbocycles. The van der Waals surface area contributed by atoms with Crippen LogP contribution in [0, 0.1) is 0 Å². The van der Waals surface area contributed by atoms with Gasteiger partial charge >= 0.3 is 0 Å². The van der Waals surface area contributed by atoms with Gasteiger partial charge < -0.3 is 10.5 Å². The minimum Gasteiger partial charge on any atom is -0.489 e. The third-order valence-corrected chi connectivity index (χ3v) is 4.09. The number of nitrogens with zero attached hydrogens (tertiary/aromatic N) is 1. The van der Waals surface area contributed by atoms with E-state index in [4.69, 9.17) is 10.5 Å². The molecule has 2 unspecified atom stereocenters. The van der Waals surface area contributed by atoms with Crippen LogP contribution in [0.25, 0.3) is 0 Å². The fourth-order valence-corrected chi connectivity index (χ4v) is 3.09. The summed E-state index contributed by atoms with van der Waals surface area (Å²) in [7, 11) is 0. The van der Waals surface area contributed by atoms with Gasteiger partial charge in [0, 0.05) is 17.8 Å². The van der Waals surface area contributed by atoms with Gasteiger partial charge in [-0.15, -0.1) is 0 Å². The molecule has 0 heterocycles. The number of hydrogen-bond donors (Lipinski definition) is 1. The highest BCUT2D eigenvalue weighted by molar-refractivity contribution is 5.43. The highest BCUT2D eigenvalue weighted by atomic mass is 16.5. The van der Waals surface area contributed by atoms with Crippen molar-refractivity contribution in [2.24, 2.45) is 0 Å². The zero-order valence-corrected chi connectivity index (χ0v) is 12.1. The monoisotopic (exact) mass is 262 g/mol. The first-order chi connectivity index (χ1) is 9.24. The van der Waals surface area contributed by atoms with Gasteiger partial charge in [-0.3, -0.25) is 4.90 Å². The quantitative estimate of drug-likeness (QED) is 0.827. The third kappa shape index (κ3) is 3.63. The molecule has 2 rings (SSSR count). The van der Waals surface area contributed by atoms with Gasteiger partial charge in [0.25, 0.3) is 0 Å². The molecule has 0 saturated heterocycles. The van der Waals surface area contributed by atoms with Crippen LogP contribution in [0.15, 0.2) is 24.3 Å². The second-order valence-electron chi connectivity index (χ2n) is 5.30. The fraction of sp³-hybridized carbons (Fsp3) is 0.625. The van der Waals surface area contributed by atoms with E-state index in [-0.39, 0.29) is 0 Å². The largest absolute Gasteiger partial charge is 0.489 e. The lowest BCUT2D eigenvalue weighted by Crippen LogP contribution is -2.47. The molecule has 106 valence electrons.